The molecule has 8 heteroatoms. The molecule has 0 aliphatic heterocycles. The highest BCUT2D eigenvalue weighted by atomic mass is 32.1. The average molecular weight is 399 g/mol. The van der Waals surface area contributed by atoms with E-state index in [2.05, 4.69) is 11.6 Å². The van der Waals surface area contributed by atoms with Crippen LogP contribution in [0.1, 0.15) is 18.7 Å². The van der Waals surface area contributed by atoms with E-state index in [9.17, 15) is 10.1 Å². The monoisotopic (exact) mass is 398 g/mol. The summed E-state index contributed by atoms with van der Waals surface area (Å²) in [6.45, 7) is 8.25. The van der Waals surface area contributed by atoms with Crippen LogP contribution in [0, 0.1) is 10.1 Å². The van der Waals surface area contributed by atoms with Gasteiger partial charge in [-0.25, -0.2) is 4.68 Å². The zero-order chi connectivity index (χ0) is 19.4. The Morgan fingerprint density at radius 3 is 2.74 bits per heavy atom. The number of thiazole rings is 1. The van der Waals surface area contributed by atoms with E-state index in [0.717, 1.165) is 32.2 Å². The van der Waals surface area contributed by atoms with Gasteiger partial charge in [-0.05, 0) is 25.3 Å². The minimum absolute atomic E-state index is 0.0460. The zero-order valence-electron chi connectivity index (χ0n) is 15.0. The van der Waals surface area contributed by atoms with Gasteiger partial charge in [-0.1, -0.05) is 30.4 Å². The Hall–Kier alpha value is -2.84. The Bertz CT molecular complexity index is 1080. The Kier molecular flexibility index (Phi) is 5.78. The second-order valence-electron chi connectivity index (χ2n) is 5.96. The van der Waals surface area contributed by atoms with Gasteiger partial charge in [0, 0.05) is 23.1 Å². The highest BCUT2D eigenvalue weighted by Gasteiger charge is 2.13. The molecule has 0 N–H and O–H groups in total. The van der Waals surface area contributed by atoms with Crippen molar-refractivity contribution in [1.29, 1.82) is 0 Å². The molecule has 3 rings (SSSR count). The van der Waals surface area contributed by atoms with Crippen LogP contribution in [-0.2, 0) is 0 Å². The molecule has 6 nitrogen and oxygen atoms in total. The largest absolute Gasteiger partial charge is 0.270 e. The van der Waals surface area contributed by atoms with Crippen molar-refractivity contribution in [3.8, 4) is 11.3 Å². The van der Waals surface area contributed by atoms with E-state index in [-0.39, 0.29) is 5.69 Å². The number of thiophene rings is 1. The molecule has 0 aliphatic carbocycles. The van der Waals surface area contributed by atoms with Gasteiger partial charge in [-0.15, -0.1) is 22.7 Å². The van der Waals surface area contributed by atoms with Crippen molar-refractivity contribution >= 4 is 34.1 Å². The standard InChI is InChI=1S/C19H18N4O2S2/c1-13(2)11-20-19-22(21-14(3)18-8-5-9-26-18)17(12-27-19)15-6-4-7-16(10-15)23(24)25/h4-10,12H,1,11H2,2-3H3. The predicted molar refractivity (Wildman–Crippen MR) is 112 cm³/mol. The Balaban J connectivity index is 2.16. The fourth-order valence-electron chi connectivity index (χ4n) is 2.37. The maximum atomic E-state index is 11.1. The van der Waals surface area contributed by atoms with Gasteiger partial charge in [0.25, 0.3) is 5.69 Å². The van der Waals surface area contributed by atoms with Crippen molar-refractivity contribution in [2.45, 2.75) is 13.8 Å². The fourth-order valence-corrected chi connectivity index (χ4v) is 3.87. The highest BCUT2D eigenvalue weighted by Crippen LogP contribution is 2.25. The van der Waals surface area contributed by atoms with E-state index in [0.29, 0.717) is 6.54 Å². The maximum absolute atomic E-state index is 11.1. The first kappa shape index (κ1) is 18.9. The first-order chi connectivity index (χ1) is 13.0. The minimum Gasteiger partial charge on any atom is -0.258 e. The molecule has 0 spiro atoms. The third-order valence-corrected chi connectivity index (χ3v) is 5.48. The lowest BCUT2D eigenvalue weighted by Crippen LogP contribution is -2.14. The van der Waals surface area contributed by atoms with Crippen LogP contribution in [-0.4, -0.2) is 21.9 Å². The number of rotatable bonds is 6. The number of benzene rings is 1. The Labute approximate surface area is 164 Å². The summed E-state index contributed by atoms with van der Waals surface area (Å²) >= 11 is 3.06. The summed E-state index contributed by atoms with van der Waals surface area (Å²) in [4.78, 5) is 17.1. The molecule has 0 amide bonds. The topological polar surface area (TPSA) is 72.8 Å². The second kappa shape index (κ2) is 8.24. The van der Waals surface area contributed by atoms with Gasteiger partial charge >= 0.3 is 0 Å². The number of aromatic nitrogens is 1. The van der Waals surface area contributed by atoms with Crippen LogP contribution >= 0.6 is 22.7 Å². The van der Waals surface area contributed by atoms with E-state index < -0.39 is 4.92 Å². The smallest absolute Gasteiger partial charge is 0.258 e. The van der Waals surface area contributed by atoms with Crippen LogP contribution in [0.25, 0.3) is 11.3 Å². The van der Waals surface area contributed by atoms with Crippen LogP contribution in [0.5, 0.6) is 0 Å². The molecule has 0 bridgehead atoms. The van der Waals surface area contributed by atoms with Gasteiger partial charge in [0.15, 0.2) is 0 Å². The molecule has 27 heavy (non-hydrogen) atoms. The van der Waals surface area contributed by atoms with Gasteiger partial charge in [0.1, 0.15) is 0 Å². The van der Waals surface area contributed by atoms with Crippen LogP contribution in [0.3, 0.4) is 0 Å². The number of hydrogen-bond acceptors (Lipinski definition) is 6. The van der Waals surface area contributed by atoms with Crippen molar-refractivity contribution in [3.05, 3.63) is 79.1 Å². The van der Waals surface area contributed by atoms with Crippen LogP contribution in [0.15, 0.2) is 69.4 Å². The van der Waals surface area contributed by atoms with Crippen molar-refractivity contribution in [1.82, 2.24) is 4.68 Å². The van der Waals surface area contributed by atoms with E-state index >= 15 is 0 Å². The molecule has 0 fully saturated rings. The second-order valence-corrected chi connectivity index (χ2v) is 7.74. The molecule has 1 aromatic carbocycles. The summed E-state index contributed by atoms with van der Waals surface area (Å²) in [5.74, 6) is 0. The van der Waals surface area contributed by atoms with Gasteiger partial charge < -0.3 is 0 Å². The lowest BCUT2D eigenvalue weighted by molar-refractivity contribution is -0.384. The molecule has 0 aliphatic rings. The number of nitrogens with zero attached hydrogens (tertiary/aromatic N) is 4. The van der Waals surface area contributed by atoms with Gasteiger partial charge in [0.2, 0.25) is 4.80 Å². The third kappa shape index (κ3) is 4.47. The van der Waals surface area contributed by atoms with Crippen LogP contribution in [0.4, 0.5) is 5.69 Å². The summed E-state index contributed by atoms with van der Waals surface area (Å²) in [7, 11) is 0. The van der Waals surface area contributed by atoms with E-state index in [1.165, 1.54) is 17.4 Å². The average Bonchev–Trinajstić information content (AvgIpc) is 3.30. The van der Waals surface area contributed by atoms with Gasteiger partial charge in [-0.3, -0.25) is 15.1 Å². The molecule has 2 heterocycles. The SMILES string of the molecule is C=C(C)CN=c1scc(-c2cccc([N+](=O)[O-])c2)n1N=C(C)c1cccs1. The van der Waals surface area contributed by atoms with Crippen molar-refractivity contribution in [3.63, 3.8) is 0 Å². The van der Waals surface area contributed by atoms with E-state index in [1.807, 2.05) is 42.8 Å². The minimum atomic E-state index is -0.396. The molecule has 3 aromatic rings. The molecule has 0 saturated carbocycles. The Morgan fingerprint density at radius 2 is 2.07 bits per heavy atom. The number of nitro groups is 1. The first-order valence-corrected chi connectivity index (χ1v) is 9.91. The first-order valence-electron chi connectivity index (χ1n) is 8.15. The lowest BCUT2D eigenvalue weighted by Gasteiger charge is -2.05. The number of non-ortho nitro benzene ring substituents is 1. The van der Waals surface area contributed by atoms with Gasteiger partial charge in [0.05, 0.1) is 27.8 Å². The summed E-state index contributed by atoms with van der Waals surface area (Å²) in [5.41, 5.74) is 3.34. The van der Waals surface area contributed by atoms with Crippen molar-refractivity contribution < 1.29 is 4.92 Å². The zero-order valence-corrected chi connectivity index (χ0v) is 16.6. The predicted octanol–water partition coefficient (Wildman–Crippen LogP) is 4.94. The summed E-state index contributed by atoms with van der Waals surface area (Å²) in [6, 6.07) is 10.5. The highest BCUT2D eigenvalue weighted by molar-refractivity contribution is 7.12. The van der Waals surface area contributed by atoms with E-state index in [1.54, 1.807) is 28.1 Å². The Morgan fingerprint density at radius 1 is 1.26 bits per heavy atom. The quantitative estimate of drug-likeness (QED) is 0.255. The van der Waals surface area contributed by atoms with Crippen LogP contribution < -0.4 is 4.80 Å². The van der Waals surface area contributed by atoms with E-state index in [4.69, 9.17) is 5.10 Å². The molecule has 0 radical (unpaired) electrons. The normalized spacial score (nSPS) is 12.4. The lowest BCUT2D eigenvalue weighted by atomic mass is 10.1. The fraction of sp³-hybridized carbons (Fsp3) is 0.158. The summed E-state index contributed by atoms with van der Waals surface area (Å²) in [5, 5.41) is 19.8. The molecular weight excluding hydrogens is 380 g/mol. The third-order valence-electron chi connectivity index (χ3n) is 3.65. The summed E-state index contributed by atoms with van der Waals surface area (Å²) < 4.78 is 1.75. The molecule has 138 valence electrons. The molecule has 0 unspecified atom stereocenters. The summed E-state index contributed by atoms with van der Waals surface area (Å²) in [6.07, 6.45) is 0. The maximum Gasteiger partial charge on any atom is 0.270 e. The molecule has 0 saturated heterocycles. The number of hydrogen-bond donors (Lipinski definition) is 0. The number of nitro benzene ring substituents is 1. The van der Waals surface area contributed by atoms with Crippen LogP contribution in [0.2, 0.25) is 0 Å². The van der Waals surface area contributed by atoms with Crippen molar-refractivity contribution in [2.75, 3.05) is 6.54 Å². The van der Waals surface area contributed by atoms with Gasteiger partial charge in [-0.2, -0.15) is 5.10 Å². The molecule has 2 aromatic heterocycles. The molecular formula is C19H18N4O2S2. The molecule has 0 atom stereocenters. The van der Waals surface area contributed by atoms with Crippen molar-refractivity contribution in [2.24, 2.45) is 10.1 Å².